The number of amides is 1. The van der Waals surface area contributed by atoms with E-state index in [0.29, 0.717) is 32.4 Å². The van der Waals surface area contributed by atoms with Crippen LogP contribution in [0.4, 0.5) is 23.2 Å². The van der Waals surface area contributed by atoms with Crippen molar-refractivity contribution in [1.29, 1.82) is 0 Å². The minimum absolute atomic E-state index is 0.0387. The predicted molar refractivity (Wildman–Crippen MR) is 76.7 cm³/mol. The molecule has 1 fully saturated rings. The van der Waals surface area contributed by atoms with Gasteiger partial charge in [0.05, 0.1) is 0 Å². The Labute approximate surface area is 131 Å². The van der Waals surface area contributed by atoms with E-state index in [1.54, 1.807) is 4.90 Å². The number of halogens is 4. The van der Waals surface area contributed by atoms with Gasteiger partial charge in [-0.1, -0.05) is 13.8 Å². The van der Waals surface area contributed by atoms with Crippen LogP contribution in [0.5, 0.6) is 0 Å². The second-order valence-electron chi connectivity index (χ2n) is 6.09. The van der Waals surface area contributed by atoms with E-state index in [-0.39, 0.29) is 17.9 Å². The van der Waals surface area contributed by atoms with E-state index < -0.39 is 29.2 Å². The molecule has 4 nitrogen and oxygen atoms in total. The first-order valence-corrected chi connectivity index (χ1v) is 7.54. The van der Waals surface area contributed by atoms with Crippen LogP contribution >= 0.6 is 0 Å². The average Bonchev–Trinajstić information content (AvgIpc) is 2.49. The minimum Gasteiger partial charge on any atom is -0.377 e. The first kappa shape index (κ1) is 17.5. The highest BCUT2D eigenvalue weighted by molar-refractivity contribution is 5.76. The zero-order chi connectivity index (χ0) is 17.1. The fraction of sp³-hybridized carbons (Fsp3) is 0.600. The van der Waals surface area contributed by atoms with Crippen LogP contribution in [-0.2, 0) is 4.79 Å². The van der Waals surface area contributed by atoms with Gasteiger partial charge >= 0.3 is 0 Å². The molecule has 2 heterocycles. The third-order valence-electron chi connectivity index (χ3n) is 3.78. The number of rotatable bonds is 4. The van der Waals surface area contributed by atoms with Crippen LogP contribution in [0.3, 0.4) is 0 Å². The van der Waals surface area contributed by atoms with Gasteiger partial charge in [-0.3, -0.25) is 4.79 Å². The summed E-state index contributed by atoms with van der Waals surface area (Å²) < 4.78 is 53.3. The topological polar surface area (TPSA) is 45.2 Å². The summed E-state index contributed by atoms with van der Waals surface area (Å²) in [6.45, 7) is 4.76. The smallest absolute Gasteiger partial charge is 0.253 e. The Balaban J connectivity index is 1.99. The highest BCUT2D eigenvalue weighted by atomic mass is 19.2. The summed E-state index contributed by atoms with van der Waals surface area (Å²) >= 11 is 0. The molecule has 1 N–H and O–H groups in total. The molecule has 0 atom stereocenters. The second-order valence-corrected chi connectivity index (χ2v) is 6.09. The first-order chi connectivity index (χ1) is 10.8. The number of anilines is 1. The molecular weight excluding hydrogens is 314 g/mol. The molecule has 1 aromatic heterocycles. The van der Waals surface area contributed by atoms with Crippen molar-refractivity contribution in [3.8, 4) is 0 Å². The summed E-state index contributed by atoms with van der Waals surface area (Å²) in [5, 5.41) is 2.49. The SMILES string of the molecule is CC(C)CC(=O)N1CCC(Nc2c(F)c(F)nc(F)c2F)CC1. The summed E-state index contributed by atoms with van der Waals surface area (Å²) in [6, 6.07) is -0.372. The number of carbonyl (C=O) groups excluding carboxylic acids is 1. The largest absolute Gasteiger partial charge is 0.377 e. The van der Waals surface area contributed by atoms with Gasteiger partial charge < -0.3 is 10.2 Å². The highest BCUT2D eigenvalue weighted by Crippen LogP contribution is 2.25. The standard InChI is InChI=1S/C15H19F4N3O/c1-8(2)7-10(23)22-5-3-9(4-6-22)20-13-11(16)14(18)21-15(19)12(13)17/h8-9H,3-7H2,1-2H3,(H,20,21). The van der Waals surface area contributed by atoms with E-state index >= 15 is 0 Å². The maximum absolute atomic E-state index is 13.6. The van der Waals surface area contributed by atoms with Gasteiger partial charge in [-0.25, -0.2) is 0 Å². The molecule has 2 rings (SSSR count). The zero-order valence-electron chi connectivity index (χ0n) is 13.0. The van der Waals surface area contributed by atoms with E-state index in [2.05, 4.69) is 10.3 Å². The monoisotopic (exact) mass is 333 g/mol. The lowest BCUT2D eigenvalue weighted by Crippen LogP contribution is -2.43. The number of nitrogens with zero attached hydrogens (tertiary/aromatic N) is 2. The molecule has 0 spiro atoms. The Morgan fingerprint density at radius 3 is 2.17 bits per heavy atom. The molecule has 0 unspecified atom stereocenters. The van der Waals surface area contributed by atoms with Crippen molar-refractivity contribution in [1.82, 2.24) is 9.88 Å². The Kier molecular flexibility index (Phi) is 5.43. The van der Waals surface area contributed by atoms with Crippen molar-refractivity contribution in [2.24, 2.45) is 5.92 Å². The number of pyridine rings is 1. The van der Waals surface area contributed by atoms with E-state index in [1.807, 2.05) is 13.8 Å². The predicted octanol–water partition coefficient (Wildman–Crippen LogP) is 3.09. The maximum Gasteiger partial charge on any atom is 0.253 e. The lowest BCUT2D eigenvalue weighted by Gasteiger charge is -2.33. The Bertz CT molecular complexity index is 560. The number of carbonyl (C=O) groups is 1. The summed E-state index contributed by atoms with van der Waals surface area (Å²) in [5.41, 5.74) is -0.845. The fourth-order valence-electron chi connectivity index (χ4n) is 2.57. The van der Waals surface area contributed by atoms with Crippen molar-refractivity contribution in [2.45, 2.75) is 39.2 Å². The molecule has 1 amide bonds. The second kappa shape index (κ2) is 7.14. The van der Waals surface area contributed by atoms with Crippen molar-refractivity contribution >= 4 is 11.6 Å². The van der Waals surface area contributed by atoms with Gasteiger partial charge in [0.2, 0.25) is 17.5 Å². The van der Waals surface area contributed by atoms with Crippen LogP contribution in [0.1, 0.15) is 33.1 Å². The minimum atomic E-state index is -1.68. The van der Waals surface area contributed by atoms with Gasteiger partial charge in [-0.15, -0.1) is 0 Å². The van der Waals surface area contributed by atoms with E-state index in [1.165, 1.54) is 0 Å². The van der Waals surface area contributed by atoms with E-state index in [4.69, 9.17) is 0 Å². The summed E-state index contributed by atoms with van der Waals surface area (Å²) in [4.78, 5) is 16.2. The average molecular weight is 333 g/mol. The van der Waals surface area contributed by atoms with Gasteiger partial charge in [-0.2, -0.15) is 22.5 Å². The van der Waals surface area contributed by atoms with Crippen molar-refractivity contribution in [3.63, 3.8) is 0 Å². The molecule has 1 aliphatic heterocycles. The van der Waals surface area contributed by atoms with Crippen LogP contribution < -0.4 is 5.32 Å². The van der Waals surface area contributed by atoms with E-state index in [0.717, 1.165) is 0 Å². The Morgan fingerprint density at radius 2 is 1.70 bits per heavy atom. The van der Waals surface area contributed by atoms with Gasteiger partial charge in [0.1, 0.15) is 5.69 Å². The number of hydrogen-bond acceptors (Lipinski definition) is 3. The Hall–Kier alpha value is -1.86. The zero-order valence-corrected chi connectivity index (χ0v) is 13.0. The van der Waals surface area contributed by atoms with Gasteiger partial charge in [0.15, 0.2) is 0 Å². The van der Waals surface area contributed by atoms with Crippen molar-refractivity contribution < 1.29 is 22.4 Å². The summed E-state index contributed by atoms with van der Waals surface area (Å²) in [6.07, 6.45) is 1.32. The molecule has 0 radical (unpaired) electrons. The number of likely N-dealkylation sites (tertiary alicyclic amines) is 1. The number of aromatic nitrogens is 1. The molecule has 0 saturated carbocycles. The molecule has 8 heteroatoms. The molecular formula is C15H19F4N3O. The van der Waals surface area contributed by atoms with Crippen LogP contribution in [0.2, 0.25) is 0 Å². The molecule has 1 saturated heterocycles. The Morgan fingerprint density at radius 1 is 1.17 bits per heavy atom. The lowest BCUT2D eigenvalue weighted by atomic mass is 10.0. The normalized spacial score (nSPS) is 16.0. The van der Waals surface area contributed by atoms with Crippen LogP contribution in [0.15, 0.2) is 0 Å². The van der Waals surface area contributed by atoms with Gasteiger partial charge in [0.25, 0.3) is 11.9 Å². The van der Waals surface area contributed by atoms with Crippen molar-refractivity contribution in [2.75, 3.05) is 18.4 Å². The summed E-state index contributed by atoms with van der Waals surface area (Å²) in [5.74, 6) is -6.16. The summed E-state index contributed by atoms with van der Waals surface area (Å²) in [7, 11) is 0. The molecule has 128 valence electrons. The van der Waals surface area contributed by atoms with Crippen LogP contribution in [0, 0.1) is 29.4 Å². The molecule has 23 heavy (non-hydrogen) atoms. The maximum atomic E-state index is 13.6. The molecule has 0 bridgehead atoms. The van der Waals surface area contributed by atoms with E-state index in [9.17, 15) is 22.4 Å². The third kappa shape index (κ3) is 4.11. The molecule has 1 aliphatic rings. The quantitative estimate of drug-likeness (QED) is 0.680. The van der Waals surface area contributed by atoms with Crippen molar-refractivity contribution in [3.05, 3.63) is 23.5 Å². The number of hydrogen-bond donors (Lipinski definition) is 1. The lowest BCUT2D eigenvalue weighted by molar-refractivity contribution is -0.132. The molecule has 1 aromatic rings. The molecule has 0 aliphatic carbocycles. The van der Waals surface area contributed by atoms with Gasteiger partial charge in [0, 0.05) is 25.6 Å². The third-order valence-corrected chi connectivity index (χ3v) is 3.78. The fourth-order valence-corrected chi connectivity index (χ4v) is 2.57. The van der Waals surface area contributed by atoms with Gasteiger partial charge in [-0.05, 0) is 18.8 Å². The number of piperidine rings is 1. The van der Waals surface area contributed by atoms with Crippen LogP contribution in [-0.4, -0.2) is 34.9 Å². The number of nitrogens with one attached hydrogen (secondary N) is 1. The first-order valence-electron chi connectivity index (χ1n) is 7.54. The highest BCUT2D eigenvalue weighted by Gasteiger charge is 2.27. The van der Waals surface area contributed by atoms with Crippen LogP contribution in [0.25, 0.3) is 0 Å². The molecule has 0 aromatic carbocycles.